The van der Waals surface area contributed by atoms with Gasteiger partial charge in [0.05, 0.1) is 4.90 Å². The average Bonchev–Trinajstić information content (AvgIpc) is 3.26. The number of carbonyl (C=O) groups is 1. The van der Waals surface area contributed by atoms with Crippen molar-refractivity contribution in [3.8, 4) is 11.4 Å². The lowest BCUT2D eigenvalue weighted by Gasteiger charge is -2.00. The number of aryl methyl sites for hydroxylation is 1. The molecule has 0 saturated carbocycles. The molecule has 0 spiro atoms. The first-order chi connectivity index (χ1) is 13.7. The molecule has 29 heavy (non-hydrogen) atoms. The van der Waals surface area contributed by atoms with E-state index in [0.29, 0.717) is 32.7 Å². The van der Waals surface area contributed by atoms with Crippen molar-refractivity contribution in [1.29, 1.82) is 0 Å². The van der Waals surface area contributed by atoms with E-state index in [1.54, 1.807) is 37.3 Å². The van der Waals surface area contributed by atoms with Crippen molar-refractivity contribution in [3.63, 3.8) is 0 Å². The largest absolute Gasteiger partial charge is 0.451 e. The Labute approximate surface area is 175 Å². The quantitative estimate of drug-likeness (QED) is 0.491. The Morgan fingerprint density at radius 2 is 1.90 bits per heavy atom. The smallest absolute Gasteiger partial charge is 0.293 e. The monoisotopic (exact) mass is 447 g/mol. The van der Waals surface area contributed by atoms with Crippen LogP contribution in [0.2, 0.25) is 5.02 Å². The number of halogens is 1. The zero-order chi connectivity index (χ0) is 20.8. The number of nitrogens with zero attached hydrogens (tertiary/aromatic N) is 2. The van der Waals surface area contributed by atoms with E-state index < -0.39 is 15.7 Å². The SMILES string of the molecule is Cc1c(C(=O)Nc2nc(-c3ccc(S(C)(=O)=O)cc3)ns2)oc2ccc(Cl)cc12. The predicted octanol–water partition coefficient (Wildman–Crippen LogP) is 4.57. The van der Waals surface area contributed by atoms with Crippen LogP contribution in [0, 0.1) is 6.92 Å². The number of hydrogen-bond donors (Lipinski definition) is 1. The third-order valence-electron chi connectivity index (χ3n) is 4.29. The van der Waals surface area contributed by atoms with Crippen LogP contribution in [0.5, 0.6) is 0 Å². The van der Waals surface area contributed by atoms with Crippen molar-refractivity contribution >= 4 is 55.0 Å². The molecule has 10 heteroatoms. The Morgan fingerprint density at radius 1 is 1.17 bits per heavy atom. The predicted molar refractivity (Wildman–Crippen MR) is 112 cm³/mol. The van der Waals surface area contributed by atoms with Crippen molar-refractivity contribution in [2.75, 3.05) is 11.6 Å². The summed E-state index contributed by atoms with van der Waals surface area (Å²) in [6.07, 6.45) is 1.14. The van der Waals surface area contributed by atoms with Gasteiger partial charge in [-0.05, 0) is 49.4 Å². The van der Waals surface area contributed by atoms with Gasteiger partial charge in [0.2, 0.25) is 5.13 Å². The first-order valence-corrected chi connectivity index (χ1v) is 11.4. The van der Waals surface area contributed by atoms with Crippen molar-refractivity contribution in [3.05, 3.63) is 58.8 Å². The Balaban J connectivity index is 1.56. The van der Waals surface area contributed by atoms with E-state index >= 15 is 0 Å². The average molecular weight is 448 g/mol. The van der Waals surface area contributed by atoms with Gasteiger partial charge in [0.1, 0.15) is 5.58 Å². The number of benzene rings is 2. The minimum absolute atomic E-state index is 0.177. The number of anilines is 1. The second-order valence-corrected chi connectivity index (χ2v) is 9.57. The molecule has 4 rings (SSSR count). The van der Waals surface area contributed by atoms with E-state index in [1.807, 2.05) is 0 Å². The fourth-order valence-corrected chi connectivity index (χ4v) is 4.19. The van der Waals surface area contributed by atoms with Gasteiger partial charge in [-0.15, -0.1) is 0 Å². The highest BCUT2D eigenvalue weighted by Gasteiger charge is 2.20. The summed E-state index contributed by atoms with van der Waals surface area (Å²) in [6, 6.07) is 11.4. The van der Waals surface area contributed by atoms with Crippen LogP contribution < -0.4 is 5.32 Å². The number of carbonyl (C=O) groups excluding carboxylic acids is 1. The maximum atomic E-state index is 12.6. The van der Waals surface area contributed by atoms with Crippen molar-refractivity contribution in [2.45, 2.75) is 11.8 Å². The van der Waals surface area contributed by atoms with Crippen LogP contribution in [-0.4, -0.2) is 29.9 Å². The van der Waals surface area contributed by atoms with Crippen LogP contribution in [0.4, 0.5) is 5.13 Å². The second kappa shape index (κ2) is 7.25. The van der Waals surface area contributed by atoms with Gasteiger partial charge in [0.25, 0.3) is 5.91 Å². The van der Waals surface area contributed by atoms with Crippen LogP contribution in [0.3, 0.4) is 0 Å². The van der Waals surface area contributed by atoms with Crippen LogP contribution in [-0.2, 0) is 9.84 Å². The number of amides is 1. The number of sulfone groups is 1. The molecule has 0 unspecified atom stereocenters. The Bertz CT molecular complexity index is 1340. The fraction of sp³-hybridized carbons (Fsp3) is 0.105. The van der Waals surface area contributed by atoms with E-state index in [0.717, 1.165) is 23.2 Å². The molecule has 1 N–H and O–H groups in total. The lowest BCUT2D eigenvalue weighted by Crippen LogP contribution is -2.11. The molecular weight excluding hydrogens is 434 g/mol. The normalized spacial score (nSPS) is 11.7. The van der Waals surface area contributed by atoms with Gasteiger partial charge in [-0.1, -0.05) is 11.6 Å². The highest BCUT2D eigenvalue weighted by Crippen LogP contribution is 2.29. The van der Waals surface area contributed by atoms with Gasteiger partial charge in [0.15, 0.2) is 21.4 Å². The lowest BCUT2D eigenvalue weighted by atomic mass is 10.1. The molecule has 0 saturated heterocycles. The minimum atomic E-state index is -3.28. The highest BCUT2D eigenvalue weighted by atomic mass is 35.5. The van der Waals surface area contributed by atoms with Gasteiger partial charge < -0.3 is 4.42 Å². The number of rotatable bonds is 4. The van der Waals surface area contributed by atoms with E-state index in [-0.39, 0.29) is 10.7 Å². The molecule has 0 aliphatic carbocycles. The molecule has 0 atom stereocenters. The summed E-state index contributed by atoms with van der Waals surface area (Å²) >= 11 is 7.03. The Hall–Kier alpha value is -2.75. The first-order valence-electron chi connectivity index (χ1n) is 8.36. The maximum Gasteiger partial charge on any atom is 0.293 e. The fourth-order valence-electron chi connectivity index (χ4n) is 2.81. The first kappa shape index (κ1) is 19.6. The molecule has 0 aliphatic heterocycles. The summed E-state index contributed by atoms with van der Waals surface area (Å²) in [5.74, 6) is 0.125. The van der Waals surface area contributed by atoms with Crippen LogP contribution in [0.25, 0.3) is 22.4 Å². The van der Waals surface area contributed by atoms with Crippen molar-refractivity contribution in [1.82, 2.24) is 9.36 Å². The molecule has 1 amide bonds. The van der Waals surface area contributed by atoms with Gasteiger partial charge in [0, 0.05) is 39.3 Å². The molecular formula is C19H14ClN3O4S2. The Morgan fingerprint density at radius 3 is 2.59 bits per heavy atom. The molecule has 0 fully saturated rings. The van der Waals surface area contributed by atoms with Gasteiger partial charge in [-0.25, -0.2) is 8.42 Å². The van der Waals surface area contributed by atoms with Gasteiger partial charge >= 0.3 is 0 Å². The highest BCUT2D eigenvalue weighted by molar-refractivity contribution is 7.90. The number of nitrogens with one attached hydrogen (secondary N) is 1. The molecule has 2 heterocycles. The molecule has 4 aromatic rings. The van der Waals surface area contributed by atoms with E-state index in [2.05, 4.69) is 14.7 Å². The third-order valence-corrected chi connectivity index (χ3v) is 6.29. The molecule has 2 aromatic carbocycles. The summed E-state index contributed by atoms with van der Waals surface area (Å²) in [4.78, 5) is 17.1. The molecule has 148 valence electrons. The number of hydrogen-bond acceptors (Lipinski definition) is 7. The van der Waals surface area contributed by atoms with Crippen LogP contribution >= 0.6 is 23.1 Å². The third kappa shape index (κ3) is 3.89. The Kier molecular flexibility index (Phi) is 4.89. The number of aromatic nitrogens is 2. The van der Waals surface area contributed by atoms with Crippen molar-refractivity contribution in [2.24, 2.45) is 0 Å². The zero-order valence-electron chi connectivity index (χ0n) is 15.3. The molecule has 0 aliphatic rings. The number of furan rings is 1. The maximum absolute atomic E-state index is 12.6. The zero-order valence-corrected chi connectivity index (χ0v) is 17.7. The van der Waals surface area contributed by atoms with E-state index in [4.69, 9.17) is 16.0 Å². The summed E-state index contributed by atoms with van der Waals surface area (Å²) in [5, 5.41) is 4.31. The standard InChI is InChI=1S/C19H14ClN3O4S2/c1-10-14-9-12(20)5-8-15(14)27-16(10)18(24)22-19-21-17(23-28-19)11-3-6-13(7-4-11)29(2,25)26/h3-9H,1-2H3,(H,21,22,23,24). The lowest BCUT2D eigenvalue weighted by molar-refractivity contribution is 0.0998. The van der Waals surface area contributed by atoms with Gasteiger partial charge in [-0.3, -0.25) is 10.1 Å². The van der Waals surface area contributed by atoms with Crippen LogP contribution in [0.1, 0.15) is 16.1 Å². The molecule has 7 nitrogen and oxygen atoms in total. The summed E-state index contributed by atoms with van der Waals surface area (Å²) in [5.41, 5.74) is 1.89. The second-order valence-electron chi connectivity index (χ2n) is 6.37. The molecule has 0 radical (unpaired) electrons. The summed E-state index contributed by atoms with van der Waals surface area (Å²) < 4.78 is 33.0. The van der Waals surface area contributed by atoms with E-state index in [1.165, 1.54) is 12.1 Å². The summed E-state index contributed by atoms with van der Waals surface area (Å²) in [7, 11) is -3.28. The molecule has 0 bridgehead atoms. The summed E-state index contributed by atoms with van der Waals surface area (Å²) in [6.45, 7) is 1.78. The van der Waals surface area contributed by atoms with Gasteiger partial charge in [-0.2, -0.15) is 9.36 Å². The van der Waals surface area contributed by atoms with Crippen molar-refractivity contribution < 1.29 is 17.6 Å². The van der Waals surface area contributed by atoms with Crippen LogP contribution in [0.15, 0.2) is 51.8 Å². The molecule has 2 aromatic heterocycles. The topological polar surface area (TPSA) is 102 Å². The minimum Gasteiger partial charge on any atom is -0.451 e. The van der Waals surface area contributed by atoms with E-state index in [9.17, 15) is 13.2 Å². The number of fused-ring (bicyclic) bond motifs is 1.